The Balaban J connectivity index is 2.02. The van der Waals surface area contributed by atoms with Crippen molar-refractivity contribution in [1.29, 1.82) is 0 Å². The number of nitrogens with zero attached hydrogens (tertiary/aromatic N) is 1. The molecule has 1 aliphatic heterocycles. The number of carbonyl (C=O) groups is 2. The predicted molar refractivity (Wildman–Crippen MR) is 89.4 cm³/mol. The topological polar surface area (TPSA) is 72.3 Å². The zero-order chi connectivity index (χ0) is 17.7. The van der Waals surface area contributed by atoms with E-state index in [-0.39, 0.29) is 18.4 Å². The third-order valence-electron chi connectivity index (χ3n) is 4.38. The number of carbonyl (C=O) groups excluding carboxylic acids is 2. The smallest absolute Gasteiger partial charge is 0.277 e. The number of amides is 2. The van der Waals surface area contributed by atoms with E-state index in [2.05, 4.69) is 5.32 Å². The van der Waals surface area contributed by atoms with Gasteiger partial charge in [0.2, 0.25) is 5.91 Å². The summed E-state index contributed by atoms with van der Waals surface area (Å²) in [5.74, 6) is 1.25. The predicted octanol–water partition coefficient (Wildman–Crippen LogP) is -1.15. The van der Waals surface area contributed by atoms with E-state index < -0.39 is 0 Å². The number of nitrogens with one attached hydrogen (secondary N) is 2. The van der Waals surface area contributed by atoms with E-state index in [9.17, 15) is 9.59 Å². The van der Waals surface area contributed by atoms with Crippen LogP contribution in [0.25, 0.3) is 0 Å². The van der Waals surface area contributed by atoms with Crippen molar-refractivity contribution in [2.24, 2.45) is 0 Å². The third-order valence-corrected chi connectivity index (χ3v) is 4.38. The molecule has 1 atom stereocenters. The van der Waals surface area contributed by atoms with Gasteiger partial charge >= 0.3 is 0 Å². The van der Waals surface area contributed by atoms with Crippen LogP contribution in [-0.4, -0.2) is 64.7 Å². The molecule has 0 radical (unpaired) electrons. The highest BCUT2D eigenvalue weighted by atomic mass is 16.5. The quantitative estimate of drug-likeness (QED) is 0.688. The maximum Gasteiger partial charge on any atom is 0.277 e. The summed E-state index contributed by atoms with van der Waals surface area (Å²) in [6.07, 6.45) is 0.886. The molecule has 0 spiro atoms. The Labute approximate surface area is 142 Å². The van der Waals surface area contributed by atoms with Crippen LogP contribution in [0.4, 0.5) is 0 Å². The SMILES string of the molecule is CNC(=O)CN(C)C(=O)C[NH+]1CCc2cc(OC)c(OC)cc2C1. The summed E-state index contributed by atoms with van der Waals surface area (Å²) >= 11 is 0. The zero-order valence-electron chi connectivity index (χ0n) is 14.8. The highest BCUT2D eigenvalue weighted by molar-refractivity contribution is 5.84. The maximum atomic E-state index is 12.3. The van der Waals surface area contributed by atoms with Crippen molar-refractivity contribution in [3.05, 3.63) is 23.3 Å². The van der Waals surface area contributed by atoms with Crippen molar-refractivity contribution in [1.82, 2.24) is 10.2 Å². The molecule has 1 aliphatic rings. The second kappa shape index (κ2) is 8.01. The minimum Gasteiger partial charge on any atom is -0.493 e. The fourth-order valence-electron chi connectivity index (χ4n) is 2.91. The Morgan fingerprint density at radius 1 is 1.21 bits per heavy atom. The molecule has 0 saturated heterocycles. The normalized spacial score (nSPS) is 16.1. The monoisotopic (exact) mass is 336 g/mol. The largest absolute Gasteiger partial charge is 0.493 e. The molecule has 7 heteroatoms. The molecule has 0 aliphatic carbocycles. The summed E-state index contributed by atoms with van der Waals surface area (Å²) in [7, 11) is 6.47. The van der Waals surface area contributed by atoms with Crippen LogP contribution >= 0.6 is 0 Å². The average Bonchev–Trinajstić information content (AvgIpc) is 2.59. The summed E-state index contributed by atoms with van der Waals surface area (Å²) in [5.41, 5.74) is 2.42. The van der Waals surface area contributed by atoms with E-state index in [1.54, 1.807) is 28.3 Å². The summed E-state index contributed by atoms with van der Waals surface area (Å²) in [5, 5.41) is 2.53. The van der Waals surface area contributed by atoms with Crippen LogP contribution in [0.2, 0.25) is 0 Å². The van der Waals surface area contributed by atoms with Gasteiger partial charge in [0.25, 0.3) is 5.91 Å². The first-order valence-corrected chi connectivity index (χ1v) is 8.00. The van der Waals surface area contributed by atoms with Crippen LogP contribution in [0.5, 0.6) is 11.5 Å². The minimum absolute atomic E-state index is 0.0301. The van der Waals surface area contributed by atoms with Crippen molar-refractivity contribution in [3.63, 3.8) is 0 Å². The zero-order valence-corrected chi connectivity index (χ0v) is 14.8. The van der Waals surface area contributed by atoms with Crippen LogP contribution in [0, 0.1) is 0 Å². The van der Waals surface area contributed by atoms with Crippen LogP contribution in [0.3, 0.4) is 0 Å². The minimum atomic E-state index is -0.165. The number of fused-ring (bicyclic) bond motifs is 1. The Bertz CT molecular complexity index is 618. The lowest BCUT2D eigenvalue weighted by Gasteiger charge is -2.27. The molecule has 1 heterocycles. The van der Waals surface area contributed by atoms with Crippen molar-refractivity contribution >= 4 is 11.8 Å². The van der Waals surface area contributed by atoms with E-state index in [0.29, 0.717) is 12.3 Å². The number of rotatable bonds is 6. The molecule has 2 amide bonds. The Morgan fingerprint density at radius 3 is 2.42 bits per heavy atom. The van der Waals surface area contributed by atoms with Crippen LogP contribution < -0.4 is 19.7 Å². The molecule has 0 fully saturated rings. The van der Waals surface area contributed by atoms with Crippen LogP contribution in [0.1, 0.15) is 11.1 Å². The van der Waals surface area contributed by atoms with Gasteiger partial charge in [-0.3, -0.25) is 9.59 Å². The van der Waals surface area contributed by atoms with Crippen molar-refractivity contribution in [3.8, 4) is 11.5 Å². The molecule has 2 rings (SSSR count). The number of ether oxygens (including phenoxy) is 2. The molecule has 0 bridgehead atoms. The molecule has 132 valence electrons. The van der Waals surface area contributed by atoms with Crippen molar-refractivity contribution in [2.75, 3.05) is 47.9 Å². The van der Waals surface area contributed by atoms with Crippen LogP contribution in [-0.2, 0) is 22.6 Å². The standard InChI is InChI=1S/C17H25N3O4/c1-18-16(21)10-19(2)17(22)11-20-6-5-12-7-14(23-3)15(24-4)8-13(12)9-20/h7-8H,5-6,9-11H2,1-4H3,(H,18,21)/p+1. The van der Waals surface area contributed by atoms with Gasteiger partial charge in [0.05, 0.1) is 27.3 Å². The lowest BCUT2D eigenvalue weighted by molar-refractivity contribution is -0.908. The van der Waals surface area contributed by atoms with Gasteiger partial charge in [0, 0.05) is 26.1 Å². The lowest BCUT2D eigenvalue weighted by atomic mass is 9.99. The number of hydrogen-bond donors (Lipinski definition) is 2. The molecular formula is C17H26N3O4+. The van der Waals surface area contributed by atoms with Gasteiger partial charge in [0.15, 0.2) is 18.0 Å². The highest BCUT2D eigenvalue weighted by Gasteiger charge is 2.25. The van der Waals surface area contributed by atoms with Gasteiger partial charge in [-0.1, -0.05) is 0 Å². The third kappa shape index (κ3) is 4.17. The molecule has 2 N–H and O–H groups in total. The fourth-order valence-corrected chi connectivity index (χ4v) is 2.91. The van der Waals surface area contributed by atoms with E-state index in [4.69, 9.17) is 9.47 Å². The van der Waals surface area contributed by atoms with E-state index >= 15 is 0 Å². The fraction of sp³-hybridized carbons (Fsp3) is 0.529. The summed E-state index contributed by atoms with van der Waals surface area (Å²) in [6, 6.07) is 4.01. The summed E-state index contributed by atoms with van der Waals surface area (Å²) in [4.78, 5) is 26.3. The first-order chi connectivity index (χ1) is 11.5. The Hall–Kier alpha value is -2.28. The number of benzene rings is 1. The van der Waals surface area contributed by atoms with Gasteiger partial charge in [-0.15, -0.1) is 0 Å². The van der Waals surface area contributed by atoms with E-state index in [0.717, 1.165) is 25.3 Å². The van der Waals surface area contributed by atoms with E-state index in [1.807, 2.05) is 12.1 Å². The molecular weight excluding hydrogens is 310 g/mol. The average molecular weight is 336 g/mol. The number of quaternary nitrogens is 1. The van der Waals surface area contributed by atoms with Crippen molar-refractivity contribution in [2.45, 2.75) is 13.0 Å². The molecule has 1 aromatic carbocycles. The van der Waals surface area contributed by atoms with Crippen molar-refractivity contribution < 1.29 is 24.0 Å². The van der Waals surface area contributed by atoms with Gasteiger partial charge in [0.1, 0.15) is 6.54 Å². The van der Waals surface area contributed by atoms with Gasteiger partial charge in [-0.25, -0.2) is 0 Å². The second-order valence-corrected chi connectivity index (χ2v) is 6.00. The lowest BCUT2D eigenvalue weighted by Crippen LogP contribution is -3.12. The summed E-state index contributed by atoms with van der Waals surface area (Å²) < 4.78 is 10.7. The first kappa shape index (κ1) is 18.1. The van der Waals surface area contributed by atoms with Crippen LogP contribution in [0.15, 0.2) is 12.1 Å². The number of methoxy groups -OCH3 is 2. The maximum absolute atomic E-state index is 12.3. The molecule has 24 heavy (non-hydrogen) atoms. The summed E-state index contributed by atoms with van der Waals surface area (Å²) in [6.45, 7) is 2.10. The first-order valence-electron chi connectivity index (χ1n) is 8.00. The molecule has 0 saturated carbocycles. The highest BCUT2D eigenvalue weighted by Crippen LogP contribution is 2.31. The van der Waals surface area contributed by atoms with Gasteiger partial charge in [-0.2, -0.15) is 0 Å². The Kier molecular flexibility index (Phi) is 6.03. The number of likely N-dealkylation sites (N-methyl/N-ethyl adjacent to an activating group) is 2. The second-order valence-electron chi connectivity index (χ2n) is 6.00. The number of hydrogen-bond acceptors (Lipinski definition) is 4. The molecule has 1 unspecified atom stereocenters. The molecule has 1 aromatic rings. The van der Waals surface area contributed by atoms with Gasteiger partial charge in [-0.05, 0) is 17.7 Å². The molecule has 7 nitrogen and oxygen atoms in total. The molecule has 0 aromatic heterocycles. The van der Waals surface area contributed by atoms with E-state index in [1.165, 1.54) is 20.9 Å². The van der Waals surface area contributed by atoms with Gasteiger partial charge < -0.3 is 24.6 Å². The Morgan fingerprint density at radius 2 is 1.83 bits per heavy atom.